The Morgan fingerprint density at radius 3 is 2.85 bits per heavy atom. The van der Waals surface area contributed by atoms with Gasteiger partial charge in [0.2, 0.25) is 0 Å². The summed E-state index contributed by atoms with van der Waals surface area (Å²) >= 11 is 0. The summed E-state index contributed by atoms with van der Waals surface area (Å²) in [6, 6.07) is 7.07. The fourth-order valence-electron chi connectivity index (χ4n) is 2.21. The van der Waals surface area contributed by atoms with Crippen LogP contribution in [0.2, 0.25) is 0 Å². The Bertz CT molecular complexity index is 446. The third kappa shape index (κ3) is 4.38. The molecule has 0 saturated carbocycles. The molecular formula is C16H20O4. The summed E-state index contributed by atoms with van der Waals surface area (Å²) in [6.45, 7) is 6.32. The minimum absolute atomic E-state index is 0.199. The van der Waals surface area contributed by atoms with Gasteiger partial charge in [-0.15, -0.1) is 0 Å². The van der Waals surface area contributed by atoms with Crippen molar-refractivity contribution in [2.75, 3.05) is 6.61 Å². The first-order valence-electron chi connectivity index (χ1n) is 6.90. The lowest BCUT2D eigenvalue weighted by Gasteiger charge is -2.16. The van der Waals surface area contributed by atoms with Crippen LogP contribution in [0.4, 0.5) is 4.79 Å². The van der Waals surface area contributed by atoms with Crippen molar-refractivity contribution < 1.29 is 19.0 Å². The smallest absolute Gasteiger partial charge is 0.431 e. The van der Waals surface area contributed by atoms with Gasteiger partial charge in [0.15, 0.2) is 0 Å². The van der Waals surface area contributed by atoms with E-state index in [1.807, 2.05) is 19.1 Å². The SMILES string of the molecule is C=Cc1ccc(OC(=O)OC(C)CC2CCCO2)cc1. The molecule has 4 nitrogen and oxygen atoms in total. The monoisotopic (exact) mass is 276 g/mol. The van der Waals surface area contributed by atoms with Gasteiger partial charge in [-0.25, -0.2) is 4.79 Å². The van der Waals surface area contributed by atoms with Crippen molar-refractivity contribution in [3.05, 3.63) is 36.4 Å². The van der Waals surface area contributed by atoms with Crippen LogP contribution in [0.15, 0.2) is 30.8 Å². The van der Waals surface area contributed by atoms with Crippen LogP contribution in [0.3, 0.4) is 0 Å². The molecule has 1 heterocycles. The highest BCUT2D eigenvalue weighted by Gasteiger charge is 2.21. The molecule has 0 aromatic heterocycles. The summed E-state index contributed by atoms with van der Waals surface area (Å²) in [5, 5.41) is 0. The van der Waals surface area contributed by atoms with Gasteiger partial charge in [-0.1, -0.05) is 24.8 Å². The second-order valence-electron chi connectivity index (χ2n) is 4.92. The molecule has 2 atom stereocenters. The predicted octanol–water partition coefficient (Wildman–Crippen LogP) is 3.80. The number of carbonyl (C=O) groups excluding carboxylic acids is 1. The van der Waals surface area contributed by atoms with Crippen molar-refractivity contribution in [2.24, 2.45) is 0 Å². The lowest BCUT2D eigenvalue weighted by atomic mass is 10.1. The van der Waals surface area contributed by atoms with E-state index in [2.05, 4.69) is 6.58 Å². The molecule has 0 bridgehead atoms. The van der Waals surface area contributed by atoms with Crippen LogP contribution in [0.1, 0.15) is 31.7 Å². The first kappa shape index (κ1) is 14.6. The van der Waals surface area contributed by atoms with E-state index in [0.29, 0.717) is 12.2 Å². The highest BCUT2D eigenvalue weighted by molar-refractivity contribution is 5.64. The minimum Gasteiger partial charge on any atom is -0.431 e. The molecule has 0 radical (unpaired) electrons. The van der Waals surface area contributed by atoms with Crippen molar-refractivity contribution in [3.63, 3.8) is 0 Å². The van der Waals surface area contributed by atoms with Gasteiger partial charge in [-0.05, 0) is 37.5 Å². The first-order chi connectivity index (χ1) is 9.67. The Labute approximate surface area is 119 Å². The quantitative estimate of drug-likeness (QED) is 0.606. The van der Waals surface area contributed by atoms with E-state index in [9.17, 15) is 4.79 Å². The van der Waals surface area contributed by atoms with Crippen molar-refractivity contribution in [1.29, 1.82) is 0 Å². The molecule has 1 aliphatic rings. The molecule has 1 aromatic carbocycles. The molecule has 108 valence electrons. The summed E-state index contributed by atoms with van der Waals surface area (Å²) in [5.74, 6) is 0.463. The number of rotatable bonds is 5. The fraction of sp³-hybridized carbons (Fsp3) is 0.438. The molecule has 1 saturated heterocycles. The van der Waals surface area contributed by atoms with Crippen LogP contribution in [-0.2, 0) is 9.47 Å². The Morgan fingerprint density at radius 2 is 2.25 bits per heavy atom. The average Bonchev–Trinajstić information content (AvgIpc) is 2.92. The minimum atomic E-state index is -0.679. The van der Waals surface area contributed by atoms with Crippen molar-refractivity contribution in [1.82, 2.24) is 0 Å². The van der Waals surface area contributed by atoms with E-state index in [0.717, 1.165) is 25.0 Å². The Hall–Kier alpha value is -1.81. The Balaban J connectivity index is 1.77. The number of ether oxygens (including phenoxy) is 3. The summed E-state index contributed by atoms with van der Waals surface area (Å²) in [7, 11) is 0. The summed E-state index contributed by atoms with van der Waals surface area (Å²) < 4.78 is 15.8. The second-order valence-corrected chi connectivity index (χ2v) is 4.92. The van der Waals surface area contributed by atoms with E-state index >= 15 is 0 Å². The van der Waals surface area contributed by atoms with Crippen LogP contribution in [0, 0.1) is 0 Å². The Kier molecular flexibility index (Phi) is 5.18. The highest BCUT2D eigenvalue weighted by atomic mass is 16.7. The maximum absolute atomic E-state index is 11.6. The third-order valence-corrected chi connectivity index (χ3v) is 3.23. The summed E-state index contributed by atoms with van der Waals surface area (Å²) in [6.07, 6.45) is 3.86. The molecule has 4 heteroatoms. The average molecular weight is 276 g/mol. The van der Waals surface area contributed by atoms with E-state index in [-0.39, 0.29) is 12.2 Å². The molecule has 1 fully saturated rings. The zero-order chi connectivity index (χ0) is 14.4. The summed E-state index contributed by atoms with van der Waals surface area (Å²) in [5.41, 5.74) is 0.970. The molecular weight excluding hydrogens is 256 g/mol. The maximum Gasteiger partial charge on any atom is 0.514 e. The maximum atomic E-state index is 11.6. The Morgan fingerprint density at radius 1 is 1.50 bits per heavy atom. The van der Waals surface area contributed by atoms with E-state index < -0.39 is 6.16 Å². The molecule has 20 heavy (non-hydrogen) atoms. The van der Waals surface area contributed by atoms with Crippen molar-refractivity contribution in [3.8, 4) is 5.75 Å². The molecule has 0 spiro atoms. The predicted molar refractivity (Wildman–Crippen MR) is 76.7 cm³/mol. The van der Waals surface area contributed by atoms with Crippen LogP contribution in [-0.4, -0.2) is 25.0 Å². The zero-order valence-electron chi connectivity index (χ0n) is 11.7. The number of carbonyl (C=O) groups is 1. The zero-order valence-corrected chi connectivity index (χ0v) is 11.7. The van der Waals surface area contributed by atoms with Gasteiger partial charge in [0, 0.05) is 13.0 Å². The topological polar surface area (TPSA) is 44.8 Å². The molecule has 0 aliphatic carbocycles. The van der Waals surface area contributed by atoms with Gasteiger partial charge in [0.1, 0.15) is 11.9 Å². The molecule has 2 rings (SSSR count). The number of benzene rings is 1. The lowest BCUT2D eigenvalue weighted by Crippen LogP contribution is -2.22. The van der Waals surface area contributed by atoms with Gasteiger partial charge < -0.3 is 14.2 Å². The normalized spacial score (nSPS) is 19.4. The van der Waals surface area contributed by atoms with Gasteiger partial charge in [-0.3, -0.25) is 0 Å². The largest absolute Gasteiger partial charge is 0.514 e. The van der Waals surface area contributed by atoms with E-state index in [1.54, 1.807) is 18.2 Å². The number of hydrogen-bond acceptors (Lipinski definition) is 4. The van der Waals surface area contributed by atoms with Gasteiger partial charge >= 0.3 is 6.16 Å². The fourth-order valence-corrected chi connectivity index (χ4v) is 2.21. The van der Waals surface area contributed by atoms with E-state index in [4.69, 9.17) is 14.2 Å². The van der Waals surface area contributed by atoms with Gasteiger partial charge in [-0.2, -0.15) is 0 Å². The lowest BCUT2D eigenvalue weighted by molar-refractivity contribution is 0.0267. The van der Waals surface area contributed by atoms with Gasteiger partial charge in [0.05, 0.1) is 6.10 Å². The van der Waals surface area contributed by atoms with Crippen LogP contribution >= 0.6 is 0 Å². The number of hydrogen-bond donors (Lipinski definition) is 0. The standard InChI is InChI=1S/C16H20O4/c1-3-13-6-8-14(9-7-13)20-16(17)19-12(2)11-15-5-4-10-18-15/h3,6-9,12,15H,1,4-5,10-11H2,2H3. The van der Waals surface area contributed by atoms with Crippen molar-refractivity contribution in [2.45, 2.75) is 38.4 Å². The van der Waals surface area contributed by atoms with Crippen LogP contribution < -0.4 is 4.74 Å². The van der Waals surface area contributed by atoms with Crippen molar-refractivity contribution >= 4 is 12.2 Å². The van der Waals surface area contributed by atoms with E-state index in [1.165, 1.54) is 0 Å². The van der Waals surface area contributed by atoms with Crippen LogP contribution in [0.5, 0.6) is 5.75 Å². The molecule has 1 aliphatic heterocycles. The summed E-state index contributed by atoms with van der Waals surface area (Å²) in [4.78, 5) is 11.6. The van der Waals surface area contributed by atoms with Gasteiger partial charge in [0.25, 0.3) is 0 Å². The first-order valence-corrected chi connectivity index (χ1v) is 6.90. The molecule has 2 unspecified atom stereocenters. The second kappa shape index (κ2) is 7.10. The van der Waals surface area contributed by atoms with Crippen LogP contribution in [0.25, 0.3) is 6.08 Å². The molecule has 0 amide bonds. The third-order valence-electron chi connectivity index (χ3n) is 3.23. The molecule has 0 N–H and O–H groups in total. The molecule has 1 aromatic rings. The highest BCUT2D eigenvalue weighted by Crippen LogP contribution is 2.19.